The molecule has 0 spiro atoms. The zero-order valence-corrected chi connectivity index (χ0v) is 25.6. The van der Waals surface area contributed by atoms with Crippen LogP contribution in [0.2, 0.25) is 0 Å². The lowest BCUT2D eigenvalue weighted by molar-refractivity contribution is 0.665. The molecular weight excluding hydrogens is 581 g/mol. The minimum absolute atomic E-state index is 0.192. The number of aromatic nitrogens is 1. The first-order valence-electron chi connectivity index (χ1n) is 15.5. The number of fused-ring (bicyclic) bond motifs is 13. The van der Waals surface area contributed by atoms with E-state index in [2.05, 4.69) is 151 Å². The molecule has 0 aliphatic heterocycles. The molecule has 0 N–H and O–H groups in total. The van der Waals surface area contributed by atoms with Gasteiger partial charge in [-0.25, -0.2) is 0 Å². The van der Waals surface area contributed by atoms with Crippen molar-refractivity contribution in [2.75, 3.05) is 0 Å². The third-order valence-electron chi connectivity index (χ3n) is 9.54. The minimum Gasteiger partial charge on any atom is -0.454 e. The summed E-state index contributed by atoms with van der Waals surface area (Å²) in [6.45, 7) is 4.09. The van der Waals surface area contributed by atoms with Crippen LogP contribution in [0.15, 0.2) is 149 Å². The highest BCUT2D eigenvalue weighted by Crippen LogP contribution is 2.51. The highest BCUT2D eigenvalue weighted by atomic mass is 32.1. The van der Waals surface area contributed by atoms with Crippen LogP contribution in [0.4, 0.5) is 5.69 Å². The average Bonchev–Trinajstić information content (AvgIpc) is 3.79. The molecule has 0 fully saturated rings. The Balaban J connectivity index is 1.53. The van der Waals surface area contributed by atoms with Gasteiger partial charge in [-0.2, -0.15) is 0 Å². The summed E-state index contributed by atoms with van der Waals surface area (Å²) in [5.41, 5.74) is 6.20. The number of rotatable bonds is 4. The first-order chi connectivity index (χ1) is 22.8. The van der Waals surface area contributed by atoms with E-state index >= 15 is 0 Å². The van der Waals surface area contributed by atoms with E-state index in [-0.39, 0.29) is 6.04 Å². The number of para-hydroxylation sites is 1. The van der Waals surface area contributed by atoms with E-state index in [1.165, 1.54) is 48.1 Å². The maximum Gasteiger partial charge on any atom is 0.160 e. The Morgan fingerprint density at radius 2 is 1.22 bits per heavy atom. The van der Waals surface area contributed by atoms with E-state index in [4.69, 9.17) is 9.41 Å². The monoisotopic (exact) mass is 606 g/mol. The Kier molecular flexibility index (Phi) is 5.37. The Bertz CT molecular complexity index is 2840. The highest BCUT2D eigenvalue weighted by Gasteiger charge is 2.31. The molecule has 4 heteroatoms. The van der Waals surface area contributed by atoms with Gasteiger partial charge in [-0.1, -0.05) is 127 Å². The number of thiophene rings is 1. The minimum atomic E-state index is -0.192. The van der Waals surface area contributed by atoms with Crippen molar-refractivity contribution in [3.05, 3.63) is 150 Å². The van der Waals surface area contributed by atoms with Crippen molar-refractivity contribution in [1.82, 2.24) is 4.57 Å². The van der Waals surface area contributed by atoms with Gasteiger partial charge in [0.2, 0.25) is 0 Å². The average molecular weight is 607 g/mol. The largest absolute Gasteiger partial charge is 0.454 e. The summed E-state index contributed by atoms with van der Waals surface area (Å²) in [6.07, 6.45) is 0. The van der Waals surface area contributed by atoms with E-state index in [0.717, 1.165) is 43.4 Å². The lowest BCUT2D eigenvalue weighted by Gasteiger charge is -2.23. The van der Waals surface area contributed by atoms with Crippen LogP contribution in [0.5, 0.6) is 0 Å². The highest BCUT2D eigenvalue weighted by molar-refractivity contribution is 7.19. The summed E-state index contributed by atoms with van der Waals surface area (Å²) in [7, 11) is 0. The summed E-state index contributed by atoms with van der Waals surface area (Å²) in [4.78, 5) is 5.87. The van der Waals surface area contributed by atoms with Gasteiger partial charge in [0.25, 0.3) is 0 Å². The summed E-state index contributed by atoms with van der Waals surface area (Å²) in [5.74, 6) is 0. The molecule has 216 valence electrons. The molecule has 10 rings (SSSR count). The van der Waals surface area contributed by atoms with Crippen LogP contribution < -0.4 is 0 Å². The molecule has 0 aliphatic carbocycles. The fraction of sp³-hybridized carbons (Fsp3) is 0.0238. The fourth-order valence-corrected chi connectivity index (χ4v) is 8.96. The molecule has 0 saturated heterocycles. The summed E-state index contributed by atoms with van der Waals surface area (Å²) in [6, 6.07) is 49.7. The number of aliphatic imine (C=N–C) groups is 1. The Morgan fingerprint density at radius 3 is 2.02 bits per heavy atom. The first-order valence-corrected chi connectivity index (χ1v) is 16.3. The summed E-state index contributed by atoms with van der Waals surface area (Å²) < 4.78 is 10.7. The van der Waals surface area contributed by atoms with Crippen molar-refractivity contribution in [3.63, 3.8) is 0 Å². The molecule has 0 saturated carbocycles. The molecule has 3 aromatic heterocycles. The maximum absolute atomic E-state index is 6.94. The van der Waals surface area contributed by atoms with Crippen LogP contribution in [0.3, 0.4) is 0 Å². The molecule has 3 heterocycles. The van der Waals surface area contributed by atoms with Crippen LogP contribution in [0.25, 0.3) is 75.4 Å². The second kappa shape index (κ2) is 9.64. The van der Waals surface area contributed by atoms with Crippen molar-refractivity contribution < 1.29 is 4.42 Å². The molecule has 0 aliphatic rings. The molecule has 1 atom stereocenters. The van der Waals surface area contributed by atoms with Crippen LogP contribution in [-0.2, 0) is 0 Å². The zero-order chi connectivity index (χ0) is 30.4. The van der Waals surface area contributed by atoms with Gasteiger partial charge in [0.05, 0.1) is 27.6 Å². The molecule has 10 aromatic rings. The van der Waals surface area contributed by atoms with Gasteiger partial charge in [-0.05, 0) is 40.6 Å². The summed E-state index contributed by atoms with van der Waals surface area (Å²) in [5, 5.41) is 10.7. The maximum atomic E-state index is 6.94. The predicted octanol–water partition coefficient (Wildman–Crippen LogP) is 12.2. The number of benzene rings is 7. The standard InChI is InChI=1S/C42H26N2OS/c1-43-37-31-20-10-12-22-34(31)46-42(37)38(26-14-3-2-4-15-26)44-39-27-16-6-5-13-25(27)23-24-32(39)35-28-17-7-8-18-29(28)36-30-19-9-11-21-33(30)45-41(36)40(35)44/h2-24,38H,1H2. The van der Waals surface area contributed by atoms with E-state index in [1.54, 1.807) is 11.3 Å². The SMILES string of the molecule is C=Nc1c(C(c2ccccc2)n2c3c4ccccc4ccc3c3c4ccccc4c4c5ccccc5oc4c32)sc2ccccc12. The molecule has 0 radical (unpaired) electrons. The topological polar surface area (TPSA) is 30.4 Å². The van der Waals surface area contributed by atoms with Gasteiger partial charge >= 0.3 is 0 Å². The van der Waals surface area contributed by atoms with Gasteiger partial charge in [-0.15, -0.1) is 11.3 Å². The van der Waals surface area contributed by atoms with Crippen molar-refractivity contribution in [2.24, 2.45) is 4.99 Å². The number of furan rings is 1. The zero-order valence-electron chi connectivity index (χ0n) is 24.8. The van der Waals surface area contributed by atoms with Crippen LogP contribution in [0.1, 0.15) is 16.5 Å². The molecule has 3 nitrogen and oxygen atoms in total. The molecular formula is C42H26N2OS. The lowest BCUT2D eigenvalue weighted by atomic mass is 9.98. The van der Waals surface area contributed by atoms with E-state index in [9.17, 15) is 0 Å². The van der Waals surface area contributed by atoms with Crippen LogP contribution >= 0.6 is 11.3 Å². The second-order valence-electron chi connectivity index (χ2n) is 11.9. The first kappa shape index (κ1) is 25.6. The Morgan fingerprint density at radius 1 is 0.565 bits per heavy atom. The van der Waals surface area contributed by atoms with Gasteiger partial charge in [0, 0.05) is 37.0 Å². The van der Waals surface area contributed by atoms with Gasteiger partial charge in [0.1, 0.15) is 5.58 Å². The van der Waals surface area contributed by atoms with Crippen molar-refractivity contribution in [1.29, 1.82) is 0 Å². The molecule has 7 aromatic carbocycles. The van der Waals surface area contributed by atoms with Gasteiger partial charge in [-0.3, -0.25) is 4.99 Å². The molecule has 46 heavy (non-hydrogen) atoms. The Labute approximate surface area is 268 Å². The van der Waals surface area contributed by atoms with Crippen LogP contribution in [0, 0.1) is 0 Å². The van der Waals surface area contributed by atoms with Gasteiger partial charge < -0.3 is 8.98 Å². The molecule has 0 bridgehead atoms. The smallest absolute Gasteiger partial charge is 0.160 e. The quantitative estimate of drug-likeness (QED) is 0.183. The normalized spacial score (nSPS) is 12.8. The summed E-state index contributed by atoms with van der Waals surface area (Å²) >= 11 is 1.80. The molecule has 0 amide bonds. The lowest BCUT2D eigenvalue weighted by Crippen LogP contribution is -2.11. The van der Waals surface area contributed by atoms with Crippen LogP contribution in [-0.4, -0.2) is 11.3 Å². The third kappa shape index (κ3) is 3.39. The van der Waals surface area contributed by atoms with E-state index < -0.39 is 0 Å². The van der Waals surface area contributed by atoms with Gasteiger partial charge in [0.15, 0.2) is 5.58 Å². The fourth-order valence-electron chi connectivity index (χ4n) is 7.68. The van der Waals surface area contributed by atoms with E-state index in [1.807, 2.05) is 0 Å². The molecule has 1 unspecified atom stereocenters. The second-order valence-corrected chi connectivity index (χ2v) is 13.0. The number of nitrogens with zero attached hydrogens (tertiary/aromatic N) is 2. The van der Waals surface area contributed by atoms with E-state index in [0.29, 0.717) is 0 Å². The van der Waals surface area contributed by atoms with Crippen molar-refractivity contribution >= 4 is 99.1 Å². The Hall–Kier alpha value is -5.71. The van der Waals surface area contributed by atoms with Crippen molar-refractivity contribution in [2.45, 2.75) is 6.04 Å². The van der Waals surface area contributed by atoms with Crippen molar-refractivity contribution in [3.8, 4) is 0 Å². The predicted molar refractivity (Wildman–Crippen MR) is 196 cm³/mol. The number of hydrogen-bond donors (Lipinski definition) is 0. The number of hydrogen-bond acceptors (Lipinski definition) is 3. The third-order valence-corrected chi connectivity index (χ3v) is 10.8.